The van der Waals surface area contributed by atoms with Crippen molar-refractivity contribution in [2.45, 2.75) is 17.9 Å². The van der Waals surface area contributed by atoms with Crippen LogP contribution in [0.2, 0.25) is 0 Å². The highest BCUT2D eigenvalue weighted by Crippen LogP contribution is 2.14. The van der Waals surface area contributed by atoms with Crippen LogP contribution in [0, 0.1) is 5.82 Å². The number of rotatable bonds is 8. The van der Waals surface area contributed by atoms with E-state index in [0.29, 0.717) is 13.1 Å². The fourth-order valence-corrected chi connectivity index (χ4v) is 4.32. The van der Waals surface area contributed by atoms with Gasteiger partial charge in [0.15, 0.2) is 0 Å². The molecular formula is C21H26FN3O4S. The number of ether oxygens (including phenoxy) is 1. The van der Waals surface area contributed by atoms with E-state index in [0.717, 1.165) is 37.5 Å². The highest BCUT2D eigenvalue weighted by molar-refractivity contribution is 7.89. The average Bonchev–Trinajstić information content (AvgIpc) is 2.75. The molecule has 1 aliphatic rings. The Balaban J connectivity index is 1.41. The zero-order chi connectivity index (χ0) is 21.6. The Hall–Kier alpha value is -2.49. The molecule has 2 aromatic rings. The topological polar surface area (TPSA) is 79.0 Å². The van der Waals surface area contributed by atoms with Crippen molar-refractivity contribution in [2.75, 3.05) is 39.8 Å². The van der Waals surface area contributed by atoms with Crippen LogP contribution < -0.4 is 9.46 Å². The standard InChI is InChI=1S/C21H26FN3O4S/c1-29-19-6-2-17(3-7-19)16-24-12-14-25(15-13-24)21(26)10-11-23-30(27,28)20-8-4-18(22)5-9-20/h2-9,23H,10-16H2,1H3. The Morgan fingerprint density at radius 3 is 2.27 bits per heavy atom. The molecule has 9 heteroatoms. The van der Waals surface area contributed by atoms with E-state index in [4.69, 9.17) is 4.74 Å². The number of carbonyl (C=O) groups is 1. The Morgan fingerprint density at radius 1 is 1.03 bits per heavy atom. The van der Waals surface area contributed by atoms with Gasteiger partial charge in [-0.15, -0.1) is 0 Å². The molecule has 0 spiro atoms. The molecule has 1 fully saturated rings. The van der Waals surface area contributed by atoms with Gasteiger partial charge >= 0.3 is 0 Å². The first kappa shape index (κ1) is 22.2. The van der Waals surface area contributed by atoms with Gasteiger partial charge in [0.2, 0.25) is 15.9 Å². The Bertz CT molecular complexity index is 941. The second-order valence-electron chi connectivity index (χ2n) is 7.11. The summed E-state index contributed by atoms with van der Waals surface area (Å²) in [4.78, 5) is 16.4. The van der Waals surface area contributed by atoms with Crippen molar-refractivity contribution in [2.24, 2.45) is 0 Å². The second-order valence-corrected chi connectivity index (χ2v) is 8.87. The number of carbonyl (C=O) groups excluding carboxylic acids is 1. The largest absolute Gasteiger partial charge is 0.497 e. The monoisotopic (exact) mass is 435 g/mol. The smallest absolute Gasteiger partial charge is 0.240 e. The summed E-state index contributed by atoms with van der Waals surface area (Å²) >= 11 is 0. The highest BCUT2D eigenvalue weighted by Gasteiger charge is 2.22. The predicted molar refractivity (Wildman–Crippen MR) is 111 cm³/mol. The molecule has 30 heavy (non-hydrogen) atoms. The fraction of sp³-hybridized carbons (Fsp3) is 0.381. The predicted octanol–water partition coefficient (Wildman–Crippen LogP) is 1.85. The van der Waals surface area contributed by atoms with Crippen LogP contribution in [0.3, 0.4) is 0 Å². The number of amides is 1. The maximum Gasteiger partial charge on any atom is 0.240 e. The normalized spacial score (nSPS) is 15.2. The van der Waals surface area contributed by atoms with Gasteiger partial charge in [-0.3, -0.25) is 9.69 Å². The van der Waals surface area contributed by atoms with Crippen molar-refractivity contribution in [3.63, 3.8) is 0 Å². The number of hydrogen-bond acceptors (Lipinski definition) is 5. The van der Waals surface area contributed by atoms with E-state index in [1.54, 1.807) is 12.0 Å². The van der Waals surface area contributed by atoms with Crippen LogP contribution in [0.25, 0.3) is 0 Å². The van der Waals surface area contributed by atoms with Crippen LogP contribution >= 0.6 is 0 Å². The molecule has 0 bridgehead atoms. The number of nitrogens with one attached hydrogen (secondary N) is 1. The van der Waals surface area contributed by atoms with E-state index < -0.39 is 15.8 Å². The van der Waals surface area contributed by atoms with Gasteiger partial charge in [-0.05, 0) is 42.0 Å². The number of halogens is 1. The van der Waals surface area contributed by atoms with Crippen molar-refractivity contribution in [1.29, 1.82) is 0 Å². The summed E-state index contributed by atoms with van der Waals surface area (Å²) in [5.41, 5.74) is 1.19. The summed E-state index contributed by atoms with van der Waals surface area (Å²) in [6.07, 6.45) is 0.0822. The van der Waals surface area contributed by atoms with Crippen molar-refractivity contribution in [3.05, 3.63) is 59.9 Å². The zero-order valence-corrected chi connectivity index (χ0v) is 17.7. The van der Waals surface area contributed by atoms with Gasteiger partial charge in [0.05, 0.1) is 12.0 Å². The van der Waals surface area contributed by atoms with Crippen LogP contribution in [0.4, 0.5) is 4.39 Å². The van der Waals surface area contributed by atoms with E-state index in [1.807, 2.05) is 24.3 Å². The summed E-state index contributed by atoms with van der Waals surface area (Å²) in [6.45, 7) is 3.56. The van der Waals surface area contributed by atoms with Crippen LogP contribution in [-0.4, -0.2) is 64.0 Å². The van der Waals surface area contributed by atoms with Crippen LogP contribution in [0.5, 0.6) is 5.75 Å². The zero-order valence-electron chi connectivity index (χ0n) is 16.9. The molecule has 1 saturated heterocycles. The molecular weight excluding hydrogens is 409 g/mol. The van der Waals surface area contributed by atoms with Crippen LogP contribution in [0.15, 0.2) is 53.4 Å². The van der Waals surface area contributed by atoms with Gasteiger partial charge in [0.1, 0.15) is 11.6 Å². The summed E-state index contributed by atoms with van der Waals surface area (Å²) in [7, 11) is -2.12. The van der Waals surface area contributed by atoms with E-state index >= 15 is 0 Å². The molecule has 0 aliphatic carbocycles. The number of nitrogens with zero attached hydrogens (tertiary/aromatic N) is 2. The van der Waals surface area contributed by atoms with Gasteiger partial charge < -0.3 is 9.64 Å². The maximum atomic E-state index is 12.9. The Morgan fingerprint density at radius 2 is 1.67 bits per heavy atom. The minimum atomic E-state index is -3.76. The third-order valence-electron chi connectivity index (χ3n) is 5.05. The molecule has 1 amide bonds. The first-order valence-electron chi connectivity index (χ1n) is 9.76. The van der Waals surface area contributed by atoms with Crippen molar-refractivity contribution >= 4 is 15.9 Å². The minimum Gasteiger partial charge on any atom is -0.497 e. The first-order valence-corrected chi connectivity index (χ1v) is 11.2. The summed E-state index contributed by atoms with van der Waals surface area (Å²) < 4.78 is 44.9. The SMILES string of the molecule is COc1ccc(CN2CCN(C(=O)CCNS(=O)(=O)c3ccc(F)cc3)CC2)cc1. The number of hydrogen-bond donors (Lipinski definition) is 1. The highest BCUT2D eigenvalue weighted by atomic mass is 32.2. The van der Waals surface area contributed by atoms with E-state index in [9.17, 15) is 17.6 Å². The molecule has 3 rings (SSSR count). The molecule has 2 aromatic carbocycles. The Kier molecular flexibility index (Phi) is 7.41. The number of methoxy groups -OCH3 is 1. The molecule has 1 heterocycles. The molecule has 0 radical (unpaired) electrons. The third kappa shape index (κ3) is 6.01. The lowest BCUT2D eigenvalue weighted by atomic mass is 10.2. The first-order chi connectivity index (χ1) is 14.4. The van der Waals surface area contributed by atoms with Crippen molar-refractivity contribution in [1.82, 2.24) is 14.5 Å². The molecule has 0 unspecified atom stereocenters. The summed E-state index contributed by atoms with van der Waals surface area (Å²) in [5.74, 6) is 0.236. The summed E-state index contributed by atoms with van der Waals surface area (Å²) in [6, 6.07) is 12.5. The Labute approximate surface area is 176 Å². The fourth-order valence-electron chi connectivity index (χ4n) is 3.29. The second kappa shape index (κ2) is 10.0. The molecule has 7 nitrogen and oxygen atoms in total. The molecule has 1 N–H and O–H groups in total. The minimum absolute atomic E-state index is 0.00457. The molecule has 1 aliphatic heterocycles. The van der Waals surface area contributed by atoms with Crippen LogP contribution in [0.1, 0.15) is 12.0 Å². The summed E-state index contributed by atoms with van der Waals surface area (Å²) in [5, 5.41) is 0. The van der Waals surface area contributed by atoms with Gasteiger partial charge in [0.25, 0.3) is 0 Å². The van der Waals surface area contributed by atoms with E-state index in [2.05, 4.69) is 9.62 Å². The van der Waals surface area contributed by atoms with Crippen LogP contribution in [-0.2, 0) is 21.4 Å². The van der Waals surface area contributed by atoms with E-state index in [1.165, 1.54) is 17.7 Å². The molecule has 162 valence electrons. The lowest BCUT2D eigenvalue weighted by Crippen LogP contribution is -2.48. The molecule has 0 atom stereocenters. The number of sulfonamides is 1. The maximum absolute atomic E-state index is 12.9. The average molecular weight is 436 g/mol. The molecule has 0 aromatic heterocycles. The van der Waals surface area contributed by atoms with Gasteiger partial charge in [-0.25, -0.2) is 17.5 Å². The third-order valence-corrected chi connectivity index (χ3v) is 6.52. The lowest BCUT2D eigenvalue weighted by molar-refractivity contribution is -0.132. The quantitative estimate of drug-likeness (QED) is 0.685. The van der Waals surface area contributed by atoms with Crippen molar-refractivity contribution in [3.8, 4) is 5.75 Å². The van der Waals surface area contributed by atoms with Gasteiger partial charge in [-0.1, -0.05) is 12.1 Å². The molecule has 0 saturated carbocycles. The number of piperazine rings is 1. The van der Waals surface area contributed by atoms with Crippen molar-refractivity contribution < 1.29 is 22.3 Å². The van der Waals surface area contributed by atoms with Gasteiger partial charge in [0, 0.05) is 45.7 Å². The number of benzene rings is 2. The van der Waals surface area contributed by atoms with E-state index in [-0.39, 0.29) is 23.8 Å². The lowest BCUT2D eigenvalue weighted by Gasteiger charge is -2.34. The van der Waals surface area contributed by atoms with Gasteiger partial charge in [-0.2, -0.15) is 0 Å².